The van der Waals surface area contributed by atoms with E-state index in [1.807, 2.05) is 71.0 Å². The quantitative estimate of drug-likeness (QED) is 0.441. The summed E-state index contributed by atoms with van der Waals surface area (Å²) in [6, 6.07) is 14.0. The summed E-state index contributed by atoms with van der Waals surface area (Å²) in [4.78, 5) is 28.2. The number of nitrogens with zero attached hydrogens (tertiary/aromatic N) is 2. The normalized spacial score (nSPS) is 12.5. The Morgan fingerprint density at radius 3 is 2.11 bits per heavy atom. The fourth-order valence-electron chi connectivity index (χ4n) is 4.01. The molecule has 2 amide bonds. The molecule has 0 heterocycles. The molecule has 2 rings (SSSR count). The highest BCUT2D eigenvalue weighted by Gasteiger charge is 2.30. The van der Waals surface area contributed by atoms with Crippen LogP contribution in [-0.4, -0.2) is 56.6 Å². The topological polar surface area (TPSA) is 96.0 Å². The van der Waals surface area contributed by atoms with E-state index in [0.717, 1.165) is 17.4 Å². The number of nitrogens with one attached hydrogen (secondary N) is 1. The lowest BCUT2D eigenvalue weighted by Crippen LogP contribution is -2.53. The third kappa shape index (κ3) is 9.39. The molecule has 0 unspecified atom stereocenters. The van der Waals surface area contributed by atoms with Gasteiger partial charge in [0.1, 0.15) is 11.8 Å². The van der Waals surface area contributed by atoms with Gasteiger partial charge in [-0.25, -0.2) is 8.42 Å². The van der Waals surface area contributed by atoms with Crippen molar-refractivity contribution in [1.82, 2.24) is 10.2 Å². The van der Waals surface area contributed by atoms with Crippen molar-refractivity contribution >= 4 is 27.5 Å². The number of aryl methyl sites for hydroxylation is 1. The Balaban J connectivity index is 2.23. The molecule has 0 saturated heterocycles. The first-order valence-corrected chi connectivity index (χ1v) is 14.4. The number of hydrogen-bond donors (Lipinski definition) is 1. The predicted molar refractivity (Wildman–Crippen MR) is 148 cm³/mol. The van der Waals surface area contributed by atoms with Crippen molar-refractivity contribution in [2.24, 2.45) is 0 Å². The summed E-state index contributed by atoms with van der Waals surface area (Å²) in [6.45, 7) is 9.94. The van der Waals surface area contributed by atoms with Crippen LogP contribution in [0.5, 0.6) is 5.75 Å². The van der Waals surface area contributed by atoms with Crippen molar-refractivity contribution in [2.45, 2.75) is 72.0 Å². The second kappa shape index (κ2) is 12.9. The molecule has 1 N–H and O–H groups in total. The van der Waals surface area contributed by atoms with E-state index in [2.05, 4.69) is 5.32 Å². The van der Waals surface area contributed by atoms with Gasteiger partial charge < -0.3 is 15.0 Å². The van der Waals surface area contributed by atoms with Gasteiger partial charge in [-0.1, -0.05) is 36.8 Å². The van der Waals surface area contributed by atoms with E-state index in [9.17, 15) is 18.0 Å². The Kier molecular flexibility index (Phi) is 10.5. The Labute approximate surface area is 222 Å². The van der Waals surface area contributed by atoms with E-state index < -0.39 is 21.6 Å². The molecule has 0 fully saturated rings. The number of anilines is 1. The van der Waals surface area contributed by atoms with Gasteiger partial charge in [0.25, 0.3) is 0 Å². The Morgan fingerprint density at radius 2 is 1.62 bits per heavy atom. The highest BCUT2D eigenvalue weighted by molar-refractivity contribution is 7.92. The first-order chi connectivity index (χ1) is 17.2. The second-order valence-electron chi connectivity index (χ2n) is 10.3. The molecule has 2 aromatic carbocycles. The Morgan fingerprint density at radius 1 is 1.03 bits per heavy atom. The predicted octanol–water partition coefficient (Wildman–Crippen LogP) is 4.27. The highest BCUT2D eigenvalue weighted by atomic mass is 32.2. The van der Waals surface area contributed by atoms with Gasteiger partial charge in [-0.05, 0) is 70.4 Å². The Hall–Kier alpha value is -3.07. The number of benzene rings is 2. The lowest BCUT2D eigenvalue weighted by atomic mass is 10.0. The number of carbonyl (C=O) groups is 2. The summed E-state index contributed by atoms with van der Waals surface area (Å²) in [5, 5.41) is 2.99. The third-order valence-electron chi connectivity index (χ3n) is 5.87. The van der Waals surface area contributed by atoms with Crippen LogP contribution in [0.1, 0.15) is 58.1 Å². The monoisotopic (exact) mass is 531 g/mol. The number of ether oxygens (including phenoxy) is 1. The van der Waals surface area contributed by atoms with Crippen molar-refractivity contribution in [1.29, 1.82) is 0 Å². The van der Waals surface area contributed by atoms with Crippen LogP contribution in [-0.2, 0) is 26.2 Å². The lowest BCUT2D eigenvalue weighted by Gasteiger charge is -2.33. The van der Waals surface area contributed by atoms with Gasteiger partial charge in [-0.2, -0.15) is 0 Å². The largest absolute Gasteiger partial charge is 0.497 e. The van der Waals surface area contributed by atoms with Gasteiger partial charge in [0, 0.05) is 25.0 Å². The SMILES string of the molecule is CC[C@@H](C(=O)NC(C)(C)C)N(Cc1ccc(OC)cc1)C(=O)CCCN(c1ccc(C)cc1)S(C)(=O)=O. The molecule has 9 heteroatoms. The summed E-state index contributed by atoms with van der Waals surface area (Å²) in [6.07, 6.45) is 2.03. The molecule has 204 valence electrons. The van der Waals surface area contributed by atoms with E-state index in [-0.39, 0.29) is 31.3 Å². The molecule has 2 aromatic rings. The van der Waals surface area contributed by atoms with Gasteiger partial charge in [0.05, 0.1) is 19.1 Å². The van der Waals surface area contributed by atoms with Crippen molar-refractivity contribution in [3.8, 4) is 5.75 Å². The second-order valence-corrected chi connectivity index (χ2v) is 12.2. The van der Waals surface area contributed by atoms with Crippen molar-refractivity contribution in [3.63, 3.8) is 0 Å². The molecule has 37 heavy (non-hydrogen) atoms. The number of amides is 2. The maximum Gasteiger partial charge on any atom is 0.243 e. The van der Waals surface area contributed by atoms with Crippen molar-refractivity contribution in [3.05, 3.63) is 59.7 Å². The van der Waals surface area contributed by atoms with Gasteiger partial charge in [-0.15, -0.1) is 0 Å². The van der Waals surface area contributed by atoms with Gasteiger partial charge >= 0.3 is 0 Å². The number of methoxy groups -OCH3 is 1. The highest BCUT2D eigenvalue weighted by Crippen LogP contribution is 2.21. The summed E-state index contributed by atoms with van der Waals surface area (Å²) in [5.74, 6) is 0.287. The smallest absolute Gasteiger partial charge is 0.243 e. The van der Waals surface area contributed by atoms with E-state index in [1.54, 1.807) is 24.1 Å². The van der Waals surface area contributed by atoms with E-state index in [1.165, 1.54) is 4.31 Å². The van der Waals surface area contributed by atoms with Gasteiger partial charge in [0.15, 0.2) is 0 Å². The average molecular weight is 532 g/mol. The van der Waals surface area contributed by atoms with Crippen LogP contribution < -0.4 is 14.4 Å². The molecular formula is C28H41N3O5S. The fourth-order valence-corrected chi connectivity index (χ4v) is 4.98. The maximum atomic E-state index is 13.5. The molecule has 0 saturated carbocycles. The first kappa shape index (κ1) is 30.2. The van der Waals surface area contributed by atoms with E-state index >= 15 is 0 Å². The van der Waals surface area contributed by atoms with Crippen LogP contribution in [0.15, 0.2) is 48.5 Å². The van der Waals surface area contributed by atoms with Crippen LogP contribution in [0.3, 0.4) is 0 Å². The molecule has 0 aliphatic heterocycles. The first-order valence-electron chi connectivity index (χ1n) is 12.5. The molecule has 0 spiro atoms. The maximum absolute atomic E-state index is 13.5. The van der Waals surface area contributed by atoms with Crippen LogP contribution >= 0.6 is 0 Å². The molecular weight excluding hydrogens is 490 g/mol. The minimum absolute atomic E-state index is 0.104. The molecule has 0 aliphatic carbocycles. The van der Waals surface area contributed by atoms with Gasteiger partial charge in [0.2, 0.25) is 21.8 Å². The number of carbonyl (C=O) groups excluding carboxylic acids is 2. The zero-order chi connectivity index (χ0) is 27.8. The molecule has 0 aliphatic rings. The summed E-state index contributed by atoms with van der Waals surface area (Å²) < 4.78 is 31.5. The minimum Gasteiger partial charge on any atom is -0.497 e. The van der Waals surface area contributed by atoms with Crippen LogP contribution in [0.25, 0.3) is 0 Å². The molecule has 8 nitrogen and oxygen atoms in total. The molecule has 0 aromatic heterocycles. The summed E-state index contributed by atoms with van der Waals surface area (Å²) in [7, 11) is -1.94. The zero-order valence-electron chi connectivity index (χ0n) is 23.1. The zero-order valence-corrected chi connectivity index (χ0v) is 23.9. The average Bonchev–Trinajstić information content (AvgIpc) is 2.81. The van der Waals surface area contributed by atoms with E-state index in [4.69, 9.17) is 4.74 Å². The third-order valence-corrected chi connectivity index (χ3v) is 7.06. The van der Waals surface area contributed by atoms with Crippen molar-refractivity contribution < 1.29 is 22.7 Å². The minimum atomic E-state index is -3.53. The lowest BCUT2D eigenvalue weighted by molar-refractivity contribution is -0.142. The van der Waals surface area contributed by atoms with Crippen LogP contribution in [0.4, 0.5) is 5.69 Å². The molecule has 1 atom stereocenters. The standard InChI is InChI=1S/C28H41N3O5S/c1-8-25(27(33)29-28(3,4)5)30(20-22-13-17-24(36-6)18-14-22)26(32)10-9-19-31(37(7,34)35)23-15-11-21(2)12-16-23/h11-18,25H,8-10,19-20H2,1-7H3,(H,29,33)/t25-/m0/s1. The molecule has 0 radical (unpaired) electrons. The van der Waals surface area contributed by atoms with Gasteiger partial charge in [-0.3, -0.25) is 13.9 Å². The number of rotatable bonds is 12. The Bertz CT molecular complexity index is 1140. The van der Waals surface area contributed by atoms with E-state index in [0.29, 0.717) is 24.3 Å². The number of hydrogen-bond acceptors (Lipinski definition) is 5. The molecule has 0 bridgehead atoms. The van der Waals surface area contributed by atoms with Crippen molar-refractivity contribution in [2.75, 3.05) is 24.2 Å². The fraction of sp³-hybridized carbons (Fsp3) is 0.500. The van der Waals surface area contributed by atoms with Crippen LogP contribution in [0.2, 0.25) is 0 Å². The van der Waals surface area contributed by atoms with Crippen LogP contribution in [0, 0.1) is 6.92 Å². The number of sulfonamides is 1. The summed E-state index contributed by atoms with van der Waals surface area (Å²) in [5.41, 5.74) is 2.02. The summed E-state index contributed by atoms with van der Waals surface area (Å²) >= 11 is 0.